The van der Waals surface area contributed by atoms with Crippen LogP contribution < -0.4 is 5.73 Å². The van der Waals surface area contributed by atoms with Gasteiger partial charge in [-0.05, 0) is 13.5 Å². The number of nitrogens with two attached hydrogens (primary N) is 1. The van der Waals surface area contributed by atoms with Crippen molar-refractivity contribution in [1.82, 2.24) is 9.97 Å². The third kappa shape index (κ3) is 11.4. The van der Waals surface area contributed by atoms with Crippen LogP contribution in [0.25, 0.3) is 0 Å². The molecule has 0 spiro atoms. The van der Waals surface area contributed by atoms with E-state index in [1.165, 1.54) is 6.92 Å². The molecule has 1 rings (SSSR count). The van der Waals surface area contributed by atoms with Crippen LogP contribution in [0.5, 0.6) is 0 Å². The summed E-state index contributed by atoms with van der Waals surface area (Å²) in [7, 11) is 6.21. The first-order valence-corrected chi connectivity index (χ1v) is 6.39. The van der Waals surface area contributed by atoms with E-state index in [1.807, 2.05) is 6.92 Å². The minimum Gasteiger partial charge on any atom is -0.457 e. The molecule has 0 radical (unpaired) electrons. The lowest BCUT2D eigenvalue weighted by Gasteiger charge is -2.26. The van der Waals surface area contributed by atoms with Gasteiger partial charge in [0, 0.05) is 25.2 Å². The van der Waals surface area contributed by atoms with Gasteiger partial charge in [-0.15, -0.1) is 0 Å². The van der Waals surface area contributed by atoms with Gasteiger partial charge in [0.15, 0.2) is 0 Å². The lowest BCUT2D eigenvalue weighted by Crippen LogP contribution is -2.41. The molecule has 0 amide bonds. The Morgan fingerprint density at radius 3 is 2.53 bits per heavy atom. The van der Waals surface area contributed by atoms with Crippen molar-refractivity contribution in [3.63, 3.8) is 0 Å². The van der Waals surface area contributed by atoms with E-state index < -0.39 is 0 Å². The molecule has 0 aliphatic carbocycles. The molecule has 0 saturated heterocycles. The monoisotopic (exact) mass is 271 g/mol. The number of nitrogens with zero attached hydrogens (tertiary/aromatic N) is 2. The molecule has 0 aromatic carbocycles. The minimum absolute atomic E-state index is 0.00694. The number of nitrogens with one attached hydrogen (secondary N) is 1. The highest BCUT2D eigenvalue weighted by Gasteiger charge is 2.15. The molecule has 0 saturated carbocycles. The molecule has 1 aromatic rings. The Balaban J connectivity index is 0.000000356. The maximum atomic E-state index is 10.5. The van der Waals surface area contributed by atoms with E-state index in [-0.39, 0.29) is 12.1 Å². The van der Waals surface area contributed by atoms with Crippen molar-refractivity contribution in [1.29, 1.82) is 0 Å². The van der Waals surface area contributed by atoms with Crippen LogP contribution >= 0.6 is 0 Å². The van der Waals surface area contributed by atoms with Crippen LogP contribution in [0.2, 0.25) is 0 Å². The summed E-state index contributed by atoms with van der Waals surface area (Å²) in [5, 5.41) is 0. The number of rotatable bonds is 5. The number of likely N-dealkylation sites (N-methyl/N-ethyl adjacent to an activating group) is 1. The first kappa shape index (κ1) is 17.6. The fourth-order valence-electron chi connectivity index (χ4n) is 1.67. The van der Waals surface area contributed by atoms with Crippen molar-refractivity contribution in [2.45, 2.75) is 26.4 Å². The molecule has 0 fully saturated rings. The molecule has 1 atom stereocenters. The predicted octanol–water partition coefficient (Wildman–Crippen LogP) is 0.555. The average Bonchev–Trinajstić information content (AvgIpc) is 2.67. The summed E-state index contributed by atoms with van der Waals surface area (Å²) in [6.45, 7) is 4.87. The highest BCUT2D eigenvalue weighted by Crippen LogP contribution is 1.98. The van der Waals surface area contributed by atoms with Gasteiger partial charge in [0.05, 0.1) is 27.5 Å². The summed E-state index contributed by atoms with van der Waals surface area (Å²) in [4.78, 5) is 17.3. The van der Waals surface area contributed by atoms with Gasteiger partial charge in [0.25, 0.3) is 0 Å². The van der Waals surface area contributed by atoms with Crippen LogP contribution in [0.4, 0.5) is 0 Å². The number of H-pyrrole nitrogens is 1. The lowest BCUT2D eigenvalue weighted by atomic mass is 10.3. The van der Waals surface area contributed by atoms with Crippen LogP contribution in [0.3, 0.4) is 0 Å². The van der Waals surface area contributed by atoms with Crippen LogP contribution in [0.1, 0.15) is 19.5 Å². The first-order valence-electron chi connectivity index (χ1n) is 6.39. The second-order valence-corrected chi connectivity index (χ2v) is 5.51. The van der Waals surface area contributed by atoms with Crippen molar-refractivity contribution in [2.75, 3.05) is 34.2 Å². The van der Waals surface area contributed by atoms with Crippen LogP contribution in [0.15, 0.2) is 12.5 Å². The molecule has 0 aliphatic heterocycles. The summed E-state index contributed by atoms with van der Waals surface area (Å²) in [5.74, 6) is -0.203. The normalized spacial score (nSPS) is 12.3. The van der Waals surface area contributed by atoms with Crippen molar-refractivity contribution in [3.8, 4) is 0 Å². The Labute approximate surface area is 115 Å². The standard InChI is InChI=1S/C8H18NO2.C5H9N3/c1-7(11-8(2)10)6-9(3,4)5;6-2-1-5-3-7-4-8-5/h7H,6H2,1-5H3;3-4H,1-2,6H2,(H,7,8)/q+1;. The van der Waals surface area contributed by atoms with E-state index in [1.54, 1.807) is 12.5 Å². The zero-order chi connectivity index (χ0) is 14.9. The summed E-state index contributed by atoms with van der Waals surface area (Å²) in [6, 6.07) is 0. The van der Waals surface area contributed by atoms with E-state index in [0.717, 1.165) is 23.1 Å². The van der Waals surface area contributed by atoms with E-state index >= 15 is 0 Å². The molecule has 1 aromatic heterocycles. The number of carbonyl (C=O) groups is 1. The molecule has 0 aliphatic rings. The fraction of sp³-hybridized carbons (Fsp3) is 0.692. The van der Waals surface area contributed by atoms with Crippen LogP contribution in [-0.2, 0) is 16.0 Å². The molecule has 0 bridgehead atoms. The number of quaternary nitrogens is 1. The number of aromatic nitrogens is 2. The predicted molar refractivity (Wildman–Crippen MR) is 75.5 cm³/mol. The number of hydrogen-bond acceptors (Lipinski definition) is 4. The summed E-state index contributed by atoms with van der Waals surface area (Å²) >= 11 is 0. The number of hydrogen-bond donors (Lipinski definition) is 2. The van der Waals surface area contributed by atoms with Gasteiger partial charge in [-0.25, -0.2) is 4.98 Å². The van der Waals surface area contributed by atoms with E-state index in [4.69, 9.17) is 10.5 Å². The van der Waals surface area contributed by atoms with Gasteiger partial charge in [0.2, 0.25) is 0 Å². The fourth-order valence-corrected chi connectivity index (χ4v) is 1.67. The molecule has 6 nitrogen and oxygen atoms in total. The second-order valence-electron chi connectivity index (χ2n) is 5.51. The Hall–Kier alpha value is -1.40. The largest absolute Gasteiger partial charge is 0.457 e. The lowest BCUT2D eigenvalue weighted by molar-refractivity contribution is -0.873. The summed E-state index contributed by atoms with van der Waals surface area (Å²) < 4.78 is 5.79. The number of carbonyl (C=O) groups excluding carboxylic acids is 1. The van der Waals surface area contributed by atoms with E-state index in [0.29, 0.717) is 6.54 Å². The first-order chi connectivity index (χ1) is 8.74. The van der Waals surface area contributed by atoms with Gasteiger partial charge in [-0.1, -0.05) is 0 Å². The van der Waals surface area contributed by atoms with Gasteiger partial charge in [-0.2, -0.15) is 0 Å². The van der Waals surface area contributed by atoms with E-state index in [2.05, 4.69) is 31.1 Å². The van der Waals surface area contributed by atoms with Crippen molar-refractivity contribution in [3.05, 3.63) is 18.2 Å². The van der Waals surface area contributed by atoms with Crippen LogP contribution in [0, 0.1) is 0 Å². The Bertz CT molecular complexity index is 344. The molecule has 3 N–H and O–H groups in total. The number of aromatic amines is 1. The molecule has 110 valence electrons. The van der Waals surface area contributed by atoms with Gasteiger partial charge >= 0.3 is 5.97 Å². The van der Waals surface area contributed by atoms with Gasteiger partial charge in [-0.3, -0.25) is 4.79 Å². The summed E-state index contributed by atoms with van der Waals surface area (Å²) in [5.41, 5.74) is 6.38. The van der Waals surface area contributed by atoms with Crippen molar-refractivity contribution < 1.29 is 14.0 Å². The van der Waals surface area contributed by atoms with Crippen LogP contribution in [-0.4, -0.2) is 60.8 Å². The number of esters is 1. The zero-order valence-electron chi connectivity index (χ0n) is 12.6. The molecular weight excluding hydrogens is 244 g/mol. The highest BCUT2D eigenvalue weighted by molar-refractivity contribution is 5.66. The third-order valence-electron chi connectivity index (χ3n) is 2.14. The molecule has 19 heavy (non-hydrogen) atoms. The SMILES string of the molecule is CC(=O)OC(C)C[N+](C)(C)C.NCCc1cnc[nH]1. The Morgan fingerprint density at radius 1 is 1.53 bits per heavy atom. The zero-order valence-corrected chi connectivity index (χ0v) is 12.6. The molecule has 6 heteroatoms. The second kappa shape index (κ2) is 8.66. The van der Waals surface area contributed by atoms with Gasteiger partial charge in [0.1, 0.15) is 12.6 Å². The Kier molecular flexibility index (Phi) is 8.02. The van der Waals surface area contributed by atoms with Gasteiger partial charge < -0.3 is 19.9 Å². The molecular formula is C13H27N4O2+. The maximum Gasteiger partial charge on any atom is 0.303 e. The minimum atomic E-state index is -0.203. The number of imidazole rings is 1. The third-order valence-corrected chi connectivity index (χ3v) is 2.14. The summed E-state index contributed by atoms with van der Waals surface area (Å²) in [6.07, 6.45) is 4.34. The number of ether oxygens (including phenoxy) is 1. The van der Waals surface area contributed by atoms with E-state index in [9.17, 15) is 4.79 Å². The smallest absolute Gasteiger partial charge is 0.303 e. The Morgan fingerprint density at radius 2 is 2.16 bits per heavy atom. The molecule has 1 unspecified atom stereocenters. The maximum absolute atomic E-state index is 10.5. The molecule has 1 heterocycles. The van der Waals surface area contributed by atoms with Crippen molar-refractivity contribution in [2.24, 2.45) is 5.73 Å². The average molecular weight is 271 g/mol. The highest BCUT2D eigenvalue weighted by atomic mass is 16.5. The van der Waals surface area contributed by atoms with Crippen molar-refractivity contribution >= 4 is 5.97 Å². The quantitative estimate of drug-likeness (QED) is 0.605. The topological polar surface area (TPSA) is 81.0 Å².